The summed E-state index contributed by atoms with van der Waals surface area (Å²) in [5, 5.41) is 10.3. The Balaban J connectivity index is 2.98. The maximum absolute atomic E-state index is 14.5. The maximum atomic E-state index is 14.5. The molecule has 2 bridgehead atoms. The van der Waals surface area contributed by atoms with Crippen molar-refractivity contribution < 1.29 is 24.3 Å². The van der Waals surface area contributed by atoms with Gasteiger partial charge in [0.25, 0.3) is 0 Å². The molecule has 2 rings (SSSR count). The van der Waals surface area contributed by atoms with Gasteiger partial charge in [0.2, 0.25) is 0 Å². The van der Waals surface area contributed by atoms with E-state index in [-0.39, 0.29) is 30.8 Å². The molecule has 0 spiro atoms. The van der Waals surface area contributed by atoms with Crippen molar-refractivity contribution in [2.75, 3.05) is 0 Å². The van der Waals surface area contributed by atoms with Crippen molar-refractivity contribution in [1.82, 2.24) is 0 Å². The second kappa shape index (κ2) is 9.72. The van der Waals surface area contributed by atoms with Crippen LogP contribution in [0.1, 0.15) is 94.9 Å². The minimum absolute atomic E-state index is 0.0697. The molecule has 35 heavy (non-hydrogen) atoms. The zero-order valence-electron chi connectivity index (χ0n) is 23.3. The van der Waals surface area contributed by atoms with Gasteiger partial charge in [-0.2, -0.15) is 0 Å². The first-order chi connectivity index (χ1) is 15.9. The van der Waals surface area contributed by atoms with E-state index in [1.165, 1.54) is 6.08 Å². The van der Waals surface area contributed by atoms with Crippen LogP contribution >= 0.6 is 0 Å². The maximum Gasteiger partial charge on any atom is 0.187 e. The molecule has 0 heterocycles. The molecule has 5 nitrogen and oxygen atoms in total. The summed E-state index contributed by atoms with van der Waals surface area (Å²) >= 11 is 0. The average molecular weight is 485 g/mol. The van der Waals surface area contributed by atoms with Crippen molar-refractivity contribution >= 4 is 23.1 Å². The number of ketones is 4. The predicted molar refractivity (Wildman–Crippen MR) is 139 cm³/mol. The van der Waals surface area contributed by atoms with Gasteiger partial charge in [0.15, 0.2) is 28.5 Å². The number of allylic oxidation sites excluding steroid dienone is 5. The molecule has 0 saturated heterocycles. The first kappa shape index (κ1) is 29.1. The summed E-state index contributed by atoms with van der Waals surface area (Å²) in [5.74, 6) is -2.91. The van der Waals surface area contributed by atoms with E-state index in [0.717, 1.165) is 11.1 Å². The molecule has 0 aromatic carbocycles. The van der Waals surface area contributed by atoms with Crippen LogP contribution in [0.2, 0.25) is 0 Å². The first-order valence-electron chi connectivity index (χ1n) is 12.7. The lowest BCUT2D eigenvalue weighted by molar-refractivity contribution is -0.180. The van der Waals surface area contributed by atoms with Gasteiger partial charge < -0.3 is 5.11 Å². The van der Waals surface area contributed by atoms with Gasteiger partial charge in [-0.25, -0.2) is 0 Å². The molecule has 1 N–H and O–H groups in total. The van der Waals surface area contributed by atoms with Gasteiger partial charge in [0, 0.05) is 5.92 Å². The molecule has 0 aliphatic heterocycles. The molecular weight excluding hydrogens is 440 g/mol. The summed E-state index contributed by atoms with van der Waals surface area (Å²) in [4.78, 5) is 56.9. The number of rotatable bonds is 8. The molecule has 194 valence electrons. The van der Waals surface area contributed by atoms with Crippen LogP contribution in [0.5, 0.6) is 0 Å². The Morgan fingerprint density at radius 2 is 1.57 bits per heavy atom. The zero-order chi connectivity index (χ0) is 27.1. The SMILES string of the molecule is CC(C)=CC[C@@H]1C[C@]2(CC=C(C)C)C(=O)C(=CCC(C)(C)O)C(=O)[C@@](C(=O)C(C)C)(C2=O)C1(C)C. The van der Waals surface area contributed by atoms with E-state index in [2.05, 4.69) is 6.08 Å². The van der Waals surface area contributed by atoms with Crippen molar-refractivity contribution in [2.45, 2.75) is 101 Å². The average Bonchev–Trinajstić information content (AvgIpc) is 2.70. The minimum atomic E-state index is -1.94. The molecule has 2 aliphatic rings. The van der Waals surface area contributed by atoms with Gasteiger partial charge in [0.05, 0.1) is 16.6 Å². The fraction of sp³-hybridized carbons (Fsp3) is 0.667. The molecule has 2 saturated carbocycles. The van der Waals surface area contributed by atoms with E-state index in [4.69, 9.17) is 0 Å². The first-order valence-corrected chi connectivity index (χ1v) is 12.7. The van der Waals surface area contributed by atoms with Crippen molar-refractivity contribution in [3.05, 3.63) is 34.9 Å². The Morgan fingerprint density at radius 3 is 2.03 bits per heavy atom. The smallest absolute Gasteiger partial charge is 0.187 e. The number of aliphatic hydroxyl groups is 1. The van der Waals surface area contributed by atoms with Gasteiger partial charge in [-0.15, -0.1) is 0 Å². The monoisotopic (exact) mass is 484 g/mol. The highest BCUT2D eigenvalue weighted by Crippen LogP contribution is 2.64. The molecule has 0 unspecified atom stereocenters. The molecule has 2 aliphatic carbocycles. The number of carbonyl (C=O) groups excluding carboxylic acids is 4. The molecule has 3 atom stereocenters. The Morgan fingerprint density at radius 1 is 1.03 bits per heavy atom. The Labute approximate surface area is 211 Å². The zero-order valence-corrected chi connectivity index (χ0v) is 23.3. The van der Waals surface area contributed by atoms with E-state index in [1.807, 2.05) is 47.6 Å². The lowest BCUT2D eigenvalue weighted by Gasteiger charge is -2.59. The molecule has 2 fully saturated rings. The van der Waals surface area contributed by atoms with Gasteiger partial charge in [0.1, 0.15) is 0 Å². The minimum Gasteiger partial charge on any atom is -0.390 e. The quantitative estimate of drug-likeness (QED) is 0.205. The summed E-state index contributed by atoms with van der Waals surface area (Å²) in [6, 6.07) is 0. The fourth-order valence-electron chi connectivity index (χ4n) is 5.80. The Bertz CT molecular complexity index is 1010. The standard InChI is InChI=1S/C30H44O5/c1-18(2)11-12-21-17-29(16-13-19(3)4)24(32)22(14-15-27(7,8)35)25(33)30(26(29)34,28(21,9)10)23(31)20(5)6/h11,13-14,20-21,35H,12,15-17H2,1-10H3/t21-,29-,30+/m1/s1. The van der Waals surface area contributed by atoms with E-state index in [0.29, 0.717) is 6.42 Å². The van der Waals surface area contributed by atoms with Crippen molar-refractivity contribution in [1.29, 1.82) is 0 Å². The third-order valence-electron chi connectivity index (χ3n) is 7.99. The number of hydrogen-bond acceptors (Lipinski definition) is 5. The number of fused-ring (bicyclic) bond motifs is 2. The summed E-state index contributed by atoms with van der Waals surface area (Å²) in [7, 11) is 0. The van der Waals surface area contributed by atoms with Crippen LogP contribution in [-0.2, 0) is 19.2 Å². The van der Waals surface area contributed by atoms with Crippen LogP contribution in [-0.4, -0.2) is 33.8 Å². The van der Waals surface area contributed by atoms with E-state index >= 15 is 0 Å². The van der Waals surface area contributed by atoms with E-state index in [9.17, 15) is 24.3 Å². The van der Waals surface area contributed by atoms with Crippen molar-refractivity contribution in [3.8, 4) is 0 Å². The lowest BCUT2D eigenvalue weighted by Crippen LogP contribution is -2.72. The summed E-state index contributed by atoms with van der Waals surface area (Å²) in [5.41, 5.74) is -3.58. The van der Waals surface area contributed by atoms with Gasteiger partial charge in [-0.1, -0.05) is 57.1 Å². The Hall–Kier alpha value is -2.14. The molecule has 0 amide bonds. The third kappa shape index (κ3) is 4.81. The van der Waals surface area contributed by atoms with E-state index in [1.54, 1.807) is 27.7 Å². The van der Waals surface area contributed by atoms with Crippen LogP contribution < -0.4 is 0 Å². The molecule has 0 aromatic rings. The lowest BCUT2D eigenvalue weighted by atomic mass is 9.38. The summed E-state index contributed by atoms with van der Waals surface area (Å²) < 4.78 is 0. The van der Waals surface area contributed by atoms with Gasteiger partial charge in [-0.3, -0.25) is 19.2 Å². The highest BCUT2D eigenvalue weighted by Gasteiger charge is 2.76. The predicted octanol–water partition coefficient (Wildman–Crippen LogP) is 5.75. The number of carbonyl (C=O) groups is 4. The molecule has 0 aromatic heterocycles. The van der Waals surface area contributed by atoms with Crippen molar-refractivity contribution in [2.24, 2.45) is 28.1 Å². The second-order valence-electron chi connectivity index (χ2n) is 12.6. The van der Waals surface area contributed by atoms with Crippen LogP contribution in [0.25, 0.3) is 0 Å². The van der Waals surface area contributed by atoms with Gasteiger partial charge in [-0.05, 0) is 78.6 Å². The molecular formula is C30H44O5. The van der Waals surface area contributed by atoms with Crippen molar-refractivity contribution in [3.63, 3.8) is 0 Å². The highest BCUT2D eigenvalue weighted by atomic mass is 16.3. The van der Waals surface area contributed by atoms with Crippen LogP contribution in [0.3, 0.4) is 0 Å². The topological polar surface area (TPSA) is 88.5 Å². The second-order valence-corrected chi connectivity index (χ2v) is 12.6. The number of hydrogen-bond donors (Lipinski definition) is 1. The van der Waals surface area contributed by atoms with Crippen LogP contribution in [0, 0.1) is 28.1 Å². The van der Waals surface area contributed by atoms with E-state index < -0.39 is 50.9 Å². The largest absolute Gasteiger partial charge is 0.390 e. The molecule has 0 radical (unpaired) electrons. The molecule has 5 heteroatoms. The normalized spacial score (nSPS) is 29.4. The third-order valence-corrected chi connectivity index (χ3v) is 7.99. The highest BCUT2D eigenvalue weighted by molar-refractivity contribution is 6.45. The Kier molecular flexibility index (Phi) is 8.08. The van der Waals surface area contributed by atoms with Gasteiger partial charge >= 0.3 is 0 Å². The summed E-state index contributed by atoms with van der Waals surface area (Å²) in [6.45, 7) is 18.1. The number of Topliss-reactive ketones (excluding diaryl/α,β-unsaturated/α-hetero) is 4. The fourth-order valence-corrected chi connectivity index (χ4v) is 5.80. The summed E-state index contributed by atoms with van der Waals surface area (Å²) in [6.07, 6.45) is 6.50. The van der Waals surface area contributed by atoms with Crippen LogP contribution in [0.15, 0.2) is 34.9 Å². The van der Waals surface area contributed by atoms with Crippen LogP contribution in [0.4, 0.5) is 0 Å².